The van der Waals surface area contributed by atoms with Crippen LogP contribution in [0.15, 0.2) is 12.1 Å². The van der Waals surface area contributed by atoms with Crippen molar-refractivity contribution in [1.82, 2.24) is 10.3 Å². The number of halogens is 2. The molecule has 1 aromatic rings. The zero-order valence-corrected chi connectivity index (χ0v) is 12.4. The summed E-state index contributed by atoms with van der Waals surface area (Å²) < 4.78 is 4.41. The van der Waals surface area contributed by atoms with Crippen LogP contribution in [-0.4, -0.2) is 41.1 Å². The molecule has 7 nitrogen and oxygen atoms in total. The number of nitrogens with zero attached hydrogens (tertiary/aromatic N) is 1. The molecule has 1 rings (SSSR count). The van der Waals surface area contributed by atoms with E-state index in [1.165, 1.54) is 19.2 Å². The summed E-state index contributed by atoms with van der Waals surface area (Å²) in [5.74, 6) is -2.56. The Bertz CT molecular complexity index is 565. The van der Waals surface area contributed by atoms with Gasteiger partial charge in [0.05, 0.1) is 12.7 Å². The van der Waals surface area contributed by atoms with E-state index in [9.17, 15) is 14.4 Å². The van der Waals surface area contributed by atoms with Gasteiger partial charge < -0.3 is 15.2 Å². The number of carbonyl (C=O) groups is 3. The average molecular weight is 335 g/mol. The summed E-state index contributed by atoms with van der Waals surface area (Å²) in [5, 5.41) is 11.3. The SMILES string of the molecule is COC(=O)CC[C@H](NC(=O)c1ccc(Cl)nc1Cl)C(=O)O. The Morgan fingerprint density at radius 3 is 2.57 bits per heavy atom. The van der Waals surface area contributed by atoms with Crippen molar-refractivity contribution in [3.8, 4) is 0 Å². The third-order valence-electron chi connectivity index (χ3n) is 2.53. The minimum absolute atomic E-state index is 0.00890. The third-order valence-corrected chi connectivity index (χ3v) is 3.03. The molecule has 0 aromatic carbocycles. The molecule has 1 aromatic heterocycles. The first-order valence-corrected chi connectivity index (χ1v) is 6.53. The summed E-state index contributed by atoms with van der Waals surface area (Å²) in [7, 11) is 1.19. The van der Waals surface area contributed by atoms with Gasteiger partial charge in [0, 0.05) is 6.42 Å². The number of carboxylic acid groups (broad SMARTS) is 1. The Morgan fingerprint density at radius 1 is 1.38 bits per heavy atom. The minimum Gasteiger partial charge on any atom is -0.480 e. The number of carbonyl (C=O) groups excluding carboxylic acids is 2. The van der Waals surface area contributed by atoms with E-state index in [2.05, 4.69) is 15.0 Å². The molecule has 0 aliphatic rings. The predicted octanol–water partition coefficient (Wildman–Crippen LogP) is 1.52. The largest absolute Gasteiger partial charge is 0.480 e. The number of rotatable bonds is 6. The molecule has 1 amide bonds. The second-order valence-electron chi connectivity index (χ2n) is 3.95. The summed E-state index contributed by atoms with van der Waals surface area (Å²) in [6, 6.07) is 1.43. The fraction of sp³-hybridized carbons (Fsp3) is 0.333. The fourth-order valence-corrected chi connectivity index (χ4v) is 1.87. The molecule has 0 saturated heterocycles. The maximum absolute atomic E-state index is 11.9. The molecule has 1 atom stereocenters. The molecule has 2 N–H and O–H groups in total. The molecule has 114 valence electrons. The monoisotopic (exact) mass is 334 g/mol. The molecule has 9 heteroatoms. The van der Waals surface area contributed by atoms with Crippen LogP contribution in [0.2, 0.25) is 10.3 Å². The van der Waals surface area contributed by atoms with Crippen molar-refractivity contribution in [2.75, 3.05) is 7.11 Å². The number of esters is 1. The highest BCUT2D eigenvalue weighted by Gasteiger charge is 2.23. The lowest BCUT2D eigenvalue weighted by Gasteiger charge is -2.14. The van der Waals surface area contributed by atoms with Crippen LogP contribution in [0.4, 0.5) is 0 Å². The molecular formula is C12H12Cl2N2O5. The third kappa shape index (κ3) is 5.20. The van der Waals surface area contributed by atoms with Crippen LogP contribution >= 0.6 is 23.2 Å². The first-order chi connectivity index (χ1) is 9.85. The maximum atomic E-state index is 11.9. The lowest BCUT2D eigenvalue weighted by molar-refractivity contribution is -0.142. The number of pyridine rings is 1. The summed E-state index contributed by atoms with van der Waals surface area (Å²) in [5.41, 5.74) is -0.00890. The number of aliphatic carboxylic acids is 1. The fourth-order valence-electron chi connectivity index (χ4n) is 1.44. The Hall–Kier alpha value is -1.86. The zero-order chi connectivity index (χ0) is 16.0. The second kappa shape index (κ2) is 7.80. The lowest BCUT2D eigenvalue weighted by Crippen LogP contribution is -2.41. The molecule has 1 heterocycles. The van der Waals surface area contributed by atoms with Gasteiger partial charge in [-0.1, -0.05) is 23.2 Å². The van der Waals surface area contributed by atoms with E-state index in [1.807, 2.05) is 0 Å². The topological polar surface area (TPSA) is 106 Å². The van der Waals surface area contributed by atoms with Crippen LogP contribution in [0.1, 0.15) is 23.2 Å². The van der Waals surface area contributed by atoms with Crippen molar-refractivity contribution in [2.24, 2.45) is 0 Å². The molecule has 0 aliphatic carbocycles. The van der Waals surface area contributed by atoms with Crippen LogP contribution in [0.5, 0.6) is 0 Å². The van der Waals surface area contributed by atoms with Crippen LogP contribution in [0.3, 0.4) is 0 Å². The maximum Gasteiger partial charge on any atom is 0.326 e. The molecule has 0 radical (unpaired) electrons. The van der Waals surface area contributed by atoms with Gasteiger partial charge in [-0.3, -0.25) is 9.59 Å². The average Bonchev–Trinajstić information content (AvgIpc) is 2.42. The zero-order valence-electron chi connectivity index (χ0n) is 10.9. The molecule has 0 spiro atoms. The number of carboxylic acids is 1. The summed E-state index contributed by atoms with van der Waals surface area (Å²) in [6.45, 7) is 0. The van der Waals surface area contributed by atoms with E-state index in [0.717, 1.165) is 0 Å². The van der Waals surface area contributed by atoms with Gasteiger partial charge in [-0.15, -0.1) is 0 Å². The number of ether oxygens (including phenoxy) is 1. The Kier molecular flexibility index (Phi) is 6.39. The van der Waals surface area contributed by atoms with Gasteiger partial charge in [-0.05, 0) is 18.6 Å². The van der Waals surface area contributed by atoms with Crippen LogP contribution in [0, 0.1) is 0 Å². The Labute approximate surface area is 130 Å². The van der Waals surface area contributed by atoms with Crippen LogP contribution < -0.4 is 5.32 Å². The van der Waals surface area contributed by atoms with Crippen molar-refractivity contribution in [2.45, 2.75) is 18.9 Å². The number of hydrogen-bond donors (Lipinski definition) is 2. The van der Waals surface area contributed by atoms with Crippen molar-refractivity contribution in [1.29, 1.82) is 0 Å². The van der Waals surface area contributed by atoms with Crippen molar-refractivity contribution in [3.63, 3.8) is 0 Å². The molecular weight excluding hydrogens is 323 g/mol. The lowest BCUT2D eigenvalue weighted by atomic mass is 10.1. The summed E-state index contributed by atoms with van der Waals surface area (Å²) in [4.78, 5) is 37.7. The quantitative estimate of drug-likeness (QED) is 0.603. The number of amides is 1. The molecule has 0 fully saturated rings. The number of nitrogens with one attached hydrogen (secondary N) is 1. The van der Waals surface area contributed by atoms with E-state index < -0.39 is 23.9 Å². The first kappa shape index (κ1) is 17.2. The normalized spacial score (nSPS) is 11.6. The van der Waals surface area contributed by atoms with Crippen molar-refractivity contribution < 1.29 is 24.2 Å². The van der Waals surface area contributed by atoms with Gasteiger partial charge in [0.2, 0.25) is 0 Å². The van der Waals surface area contributed by atoms with Gasteiger partial charge in [0.1, 0.15) is 16.3 Å². The van der Waals surface area contributed by atoms with Crippen LogP contribution in [-0.2, 0) is 14.3 Å². The van der Waals surface area contributed by atoms with Crippen LogP contribution in [0.25, 0.3) is 0 Å². The van der Waals surface area contributed by atoms with Gasteiger partial charge in [0.25, 0.3) is 5.91 Å². The summed E-state index contributed by atoms with van der Waals surface area (Å²) >= 11 is 11.4. The highest BCUT2D eigenvalue weighted by molar-refractivity contribution is 6.34. The number of hydrogen-bond acceptors (Lipinski definition) is 5. The second-order valence-corrected chi connectivity index (χ2v) is 4.70. The summed E-state index contributed by atoms with van der Waals surface area (Å²) in [6.07, 6.45) is -0.243. The van der Waals surface area contributed by atoms with E-state index in [1.54, 1.807) is 0 Å². The minimum atomic E-state index is -1.27. The molecule has 0 unspecified atom stereocenters. The molecule has 0 saturated carbocycles. The smallest absolute Gasteiger partial charge is 0.326 e. The standard InChI is InChI=1S/C12H12Cl2N2O5/c1-21-9(17)5-3-7(12(19)20)15-11(18)6-2-4-8(13)16-10(6)14/h2,4,7H,3,5H2,1H3,(H,15,18)(H,19,20)/t7-/m0/s1. The molecule has 0 bridgehead atoms. The first-order valence-electron chi connectivity index (χ1n) is 5.77. The highest BCUT2D eigenvalue weighted by atomic mass is 35.5. The van der Waals surface area contributed by atoms with Crippen molar-refractivity contribution >= 4 is 41.0 Å². The Morgan fingerprint density at radius 2 is 2.05 bits per heavy atom. The highest BCUT2D eigenvalue weighted by Crippen LogP contribution is 2.16. The van der Waals surface area contributed by atoms with E-state index in [0.29, 0.717) is 0 Å². The van der Waals surface area contributed by atoms with Gasteiger partial charge in [-0.25, -0.2) is 9.78 Å². The Balaban J connectivity index is 2.76. The van der Waals surface area contributed by atoms with Gasteiger partial charge >= 0.3 is 11.9 Å². The molecule has 21 heavy (non-hydrogen) atoms. The van der Waals surface area contributed by atoms with E-state index >= 15 is 0 Å². The van der Waals surface area contributed by atoms with Crippen molar-refractivity contribution in [3.05, 3.63) is 28.0 Å². The molecule has 0 aliphatic heterocycles. The predicted molar refractivity (Wildman–Crippen MR) is 74.4 cm³/mol. The van der Waals surface area contributed by atoms with E-state index in [4.69, 9.17) is 28.3 Å². The van der Waals surface area contributed by atoms with E-state index in [-0.39, 0.29) is 28.7 Å². The number of aromatic nitrogens is 1. The number of methoxy groups -OCH3 is 1. The van der Waals surface area contributed by atoms with Gasteiger partial charge in [0.15, 0.2) is 0 Å². The van der Waals surface area contributed by atoms with Gasteiger partial charge in [-0.2, -0.15) is 0 Å².